The van der Waals surface area contributed by atoms with Crippen molar-refractivity contribution in [3.8, 4) is 0 Å². The number of hydrogen-bond acceptors (Lipinski definition) is 4. The first-order chi connectivity index (χ1) is 11.4. The summed E-state index contributed by atoms with van der Waals surface area (Å²) in [6.07, 6.45) is 2.57. The fraction of sp³-hybridized carbons (Fsp3) is 0.611. The Balaban J connectivity index is 1.27. The van der Waals surface area contributed by atoms with Crippen molar-refractivity contribution in [3.63, 3.8) is 0 Å². The predicted octanol–water partition coefficient (Wildman–Crippen LogP) is 2.11. The third-order valence-electron chi connectivity index (χ3n) is 5.05. The second-order valence-electron chi connectivity index (χ2n) is 6.86. The van der Waals surface area contributed by atoms with Crippen molar-refractivity contribution in [2.75, 3.05) is 45.9 Å². The number of fused-ring (bicyclic) bond motifs is 1. The lowest BCUT2D eigenvalue weighted by Gasteiger charge is -2.36. The summed E-state index contributed by atoms with van der Waals surface area (Å²) in [6, 6.07) is 8.26. The van der Waals surface area contributed by atoms with E-state index in [1.54, 1.807) is 0 Å². The number of H-pyrrole nitrogens is 1. The molecule has 2 fully saturated rings. The zero-order chi connectivity index (χ0) is 15.5. The number of aromatic amines is 1. The molecule has 2 saturated heterocycles. The lowest BCUT2D eigenvalue weighted by molar-refractivity contribution is 0.0277. The van der Waals surface area contributed by atoms with Gasteiger partial charge in [0.2, 0.25) is 0 Å². The van der Waals surface area contributed by atoms with Gasteiger partial charge in [-0.05, 0) is 30.9 Å². The molecule has 0 amide bonds. The van der Waals surface area contributed by atoms with Gasteiger partial charge in [-0.2, -0.15) is 0 Å². The van der Waals surface area contributed by atoms with Crippen molar-refractivity contribution in [2.24, 2.45) is 5.92 Å². The average molecular weight is 314 g/mol. The number of ether oxygens (including phenoxy) is 1. The zero-order valence-corrected chi connectivity index (χ0v) is 13.7. The molecule has 0 bridgehead atoms. The second kappa shape index (κ2) is 6.99. The lowest BCUT2D eigenvalue weighted by Crippen LogP contribution is -2.48. The minimum Gasteiger partial charge on any atom is -0.381 e. The normalized spacial score (nSPS) is 24.3. The van der Waals surface area contributed by atoms with E-state index in [-0.39, 0.29) is 0 Å². The molecule has 1 unspecified atom stereocenters. The molecular formula is C18H26N4O. The molecule has 0 radical (unpaired) electrons. The van der Waals surface area contributed by atoms with Crippen LogP contribution in [0, 0.1) is 5.92 Å². The number of para-hydroxylation sites is 2. The molecule has 0 saturated carbocycles. The molecule has 2 aliphatic rings. The van der Waals surface area contributed by atoms with Gasteiger partial charge in [-0.15, -0.1) is 0 Å². The summed E-state index contributed by atoms with van der Waals surface area (Å²) in [5, 5.41) is 0. The monoisotopic (exact) mass is 314 g/mol. The Morgan fingerprint density at radius 3 is 2.74 bits per heavy atom. The van der Waals surface area contributed by atoms with E-state index in [1.165, 1.54) is 19.4 Å². The number of benzene rings is 1. The fourth-order valence-electron chi connectivity index (χ4n) is 3.74. The van der Waals surface area contributed by atoms with E-state index in [1.807, 2.05) is 6.07 Å². The molecule has 5 nitrogen and oxygen atoms in total. The molecule has 23 heavy (non-hydrogen) atoms. The van der Waals surface area contributed by atoms with Gasteiger partial charge in [0.05, 0.1) is 24.2 Å². The Kier molecular flexibility index (Phi) is 4.60. The first-order valence-corrected chi connectivity index (χ1v) is 8.83. The molecular weight excluding hydrogens is 288 g/mol. The standard InChI is InChI=1S/C18H26N4O/c1-2-6-17-16(5-1)19-18(20-17)13-22-9-7-21(8-10-22)12-15-4-3-11-23-14-15/h1-2,5-6,15H,3-4,7-14H2,(H,19,20). The number of nitrogens with zero attached hydrogens (tertiary/aromatic N) is 3. The summed E-state index contributed by atoms with van der Waals surface area (Å²) in [5.74, 6) is 1.83. The van der Waals surface area contributed by atoms with Crippen LogP contribution in [-0.2, 0) is 11.3 Å². The predicted molar refractivity (Wildman–Crippen MR) is 91.4 cm³/mol. The SMILES string of the molecule is c1ccc2[nH]c(CN3CCN(CC4CCCOC4)CC3)nc2c1. The number of rotatable bonds is 4. The molecule has 5 heteroatoms. The van der Waals surface area contributed by atoms with Crippen LogP contribution in [0.1, 0.15) is 18.7 Å². The van der Waals surface area contributed by atoms with Crippen molar-refractivity contribution in [3.05, 3.63) is 30.1 Å². The molecule has 1 N–H and O–H groups in total. The van der Waals surface area contributed by atoms with Crippen LogP contribution in [0.4, 0.5) is 0 Å². The van der Waals surface area contributed by atoms with Gasteiger partial charge >= 0.3 is 0 Å². The first-order valence-electron chi connectivity index (χ1n) is 8.83. The molecule has 3 heterocycles. The lowest BCUT2D eigenvalue weighted by atomic mass is 10.0. The molecule has 2 aromatic rings. The Morgan fingerprint density at radius 2 is 1.96 bits per heavy atom. The molecule has 0 aliphatic carbocycles. The fourth-order valence-corrected chi connectivity index (χ4v) is 3.74. The topological polar surface area (TPSA) is 44.4 Å². The summed E-state index contributed by atoms with van der Waals surface area (Å²) in [7, 11) is 0. The zero-order valence-electron chi connectivity index (χ0n) is 13.7. The van der Waals surface area contributed by atoms with Crippen molar-refractivity contribution in [1.82, 2.24) is 19.8 Å². The number of imidazole rings is 1. The number of nitrogens with one attached hydrogen (secondary N) is 1. The molecule has 1 aromatic carbocycles. The van der Waals surface area contributed by atoms with E-state index in [4.69, 9.17) is 9.72 Å². The Hall–Kier alpha value is -1.43. The maximum absolute atomic E-state index is 5.60. The third-order valence-corrected chi connectivity index (χ3v) is 5.05. The highest BCUT2D eigenvalue weighted by atomic mass is 16.5. The van der Waals surface area contributed by atoms with Crippen molar-refractivity contribution < 1.29 is 4.74 Å². The molecule has 4 rings (SSSR count). The van der Waals surface area contributed by atoms with Gasteiger partial charge in [-0.25, -0.2) is 4.98 Å². The minimum atomic E-state index is 0.741. The van der Waals surface area contributed by atoms with Gasteiger partial charge < -0.3 is 14.6 Å². The van der Waals surface area contributed by atoms with E-state index in [9.17, 15) is 0 Å². The van der Waals surface area contributed by atoms with Gasteiger partial charge in [0, 0.05) is 39.3 Å². The van der Waals surface area contributed by atoms with Gasteiger partial charge in [0.25, 0.3) is 0 Å². The van der Waals surface area contributed by atoms with Gasteiger partial charge in [-0.1, -0.05) is 12.1 Å². The van der Waals surface area contributed by atoms with Crippen molar-refractivity contribution in [1.29, 1.82) is 0 Å². The Bertz CT molecular complexity index is 594. The summed E-state index contributed by atoms with van der Waals surface area (Å²) in [5.41, 5.74) is 2.21. The minimum absolute atomic E-state index is 0.741. The van der Waals surface area contributed by atoms with Crippen LogP contribution >= 0.6 is 0 Å². The second-order valence-corrected chi connectivity index (χ2v) is 6.86. The van der Waals surface area contributed by atoms with E-state index in [2.05, 4.69) is 33.0 Å². The average Bonchev–Trinajstić information content (AvgIpc) is 3.00. The summed E-state index contributed by atoms with van der Waals surface area (Å²) >= 11 is 0. The van der Waals surface area contributed by atoms with Crippen LogP contribution in [0.2, 0.25) is 0 Å². The van der Waals surface area contributed by atoms with Crippen LogP contribution < -0.4 is 0 Å². The summed E-state index contributed by atoms with van der Waals surface area (Å²) < 4.78 is 5.60. The Morgan fingerprint density at radius 1 is 1.13 bits per heavy atom. The van der Waals surface area contributed by atoms with Crippen molar-refractivity contribution in [2.45, 2.75) is 19.4 Å². The highest BCUT2D eigenvalue weighted by molar-refractivity contribution is 5.74. The molecule has 0 spiro atoms. The molecule has 2 aliphatic heterocycles. The number of hydrogen-bond donors (Lipinski definition) is 1. The highest BCUT2D eigenvalue weighted by Gasteiger charge is 2.22. The van der Waals surface area contributed by atoms with E-state index in [0.29, 0.717) is 0 Å². The summed E-state index contributed by atoms with van der Waals surface area (Å²) in [4.78, 5) is 13.2. The molecule has 1 aromatic heterocycles. The quantitative estimate of drug-likeness (QED) is 0.939. The van der Waals surface area contributed by atoms with Gasteiger partial charge in [0.15, 0.2) is 0 Å². The molecule has 1 atom stereocenters. The highest BCUT2D eigenvalue weighted by Crippen LogP contribution is 2.17. The van der Waals surface area contributed by atoms with Crippen LogP contribution in [0.5, 0.6) is 0 Å². The van der Waals surface area contributed by atoms with E-state index >= 15 is 0 Å². The molecule has 124 valence electrons. The first kappa shape index (κ1) is 15.1. The summed E-state index contributed by atoms with van der Waals surface area (Å²) in [6.45, 7) is 8.64. The van der Waals surface area contributed by atoms with Crippen LogP contribution in [-0.4, -0.2) is 65.7 Å². The van der Waals surface area contributed by atoms with Gasteiger partial charge in [-0.3, -0.25) is 4.90 Å². The smallest absolute Gasteiger partial charge is 0.121 e. The maximum Gasteiger partial charge on any atom is 0.121 e. The van der Waals surface area contributed by atoms with Crippen LogP contribution in [0.15, 0.2) is 24.3 Å². The largest absolute Gasteiger partial charge is 0.381 e. The van der Waals surface area contributed by atoms with Gasteiger partial charge in [0.1, 0.15) is 5.82 Å². The number of aromatic nitrogens is 2. The van der Waals surface area contributed by atoms with Crippen LogP contribution in [0.3, 0.4) is 0 Å². The Labute approximate surface area is 137 Å². The van der Waals surface area contributed by atoms with E-state index in [0.717, 1.165) is 68.7 Å². The van der Waals surface area contributed by atoms with E-state index < -0.39 is 0 Å². The maximum atomic E-state index is 5.60. The van der Waals surface area contributed by atoms with Crippen molar-refractivity contribution >= 4 is 11.0 Å². The number of piperazine rings is 1. The van der Waals surface area contributed by atoms with Crippen LogP contribution in [0.25, 0.3) is 11.0 Å². The third kappa shape index (κ3) is 3.74.